The zero-order valence-corrected chi connectivity index (χ0v) is 21.0. The van der Waals surface area contributed by atoms with Crippen molar-refractivity contribution in [2.24, 2.45) is 46.3 Å². The minimum absolute atomic E-state index is 0.0448. The van der Waals surface area contributed by atoms with E-state index in [0.29, 0.717) is 24.2 Å². The van der Waals surface area contributed by atoms with Crippen LogP contribution in [0.3, 0.4) is 0 Å². The highest BCUT2D eigenvalue weighted by atomic mass is 35.5. The summed E-state index contributed by atoms with van der Waals surface area (Å²) >= 11 is 6.47. The quantitative estimate of drug-likeness (QED) is 0.254. The fourth-order valence-electron chi connectivity index (χ4n) is 8.65. The second kappa shape index (κ2) is 8.33. The van der Waals surface area contributed by atoms with Crippen LogP contribution in [-0.2, 0) is 14.3 Å². The maximum atomic E-state index is 13.5. The molecule has 0 N–H and O–H groups in total. The number of hydrogen-bond donors (Lipinski definition) is 0. The van der Waals surface area contributed by atoms with E-state index in [-0.39, 0.29) is 34.0 Å². The maximum absolute atomic E-state index is 13.5. The van der Waals surface area contributed by atoms with Gasteiger partial charge in [-0.25, -0.2) is 0 Å². The van der Waals surface area contributed by atoms with Gasteiger partial charge >= 0.3 is 5.97 Å². The van der Waals surface area contributed by atoms with E-state index in [9.17, 15) is 9.59 Å². The predicted molar refractivity (Wildman–Crippen MR) is 125 cm³/mol. The molecular weight excluding hydrogens is 408 g/mol. The highest BCUT2D eigenvalue weighted by Crippen LogP contribution is 2.68. The smallest absolute Gasteiger partial charge is 0.310 e. The van der Waals surface area contributed by atoms with Crippen molar-refractivity contribution in [2.75, 3.05) is 0 Å². The number of hydrogen-bond acceptors (Lipinski definition) is 3. The number of esters is 1. The minimum atomic E-state index is -1.02. The third-order valence-corrected chi connectivity index (χ3v) is 10.9. The van der Waals surface area contributed by atoms with Crippen LogP contribution in [0.5, 0.6) is 0 Å². The molecule has 176 valence electrons. The van der Waals surface area contributed by atoms with Crippen LogP contribution in [0.4, 0.5) is 0 Å². The lowest BCUT2D eigenvalue weighted by molar-refractivity contribution is -0.235. The number of fused-ring (bicyclic) bond motifs is 5. The van der Waals surface area contributed by atoms with Gasteiger partial charge in [-0.1, -0.05) is 53.9 Å². The van der Waals surface area contributed by atoms with E-state index in [2.05, 4.69) is 34.6 Å². The summed E-state index contributed by atoms with van der Waals surface area (Å²) in [7, 11) is 0. The van der Waals surface area contributed by atoms with Crippen LogP contribution in [0, 0.1) is 46.3 Å². The van der Waals surface area contributed by atoms with Crippen molar-refractivity contribution in [1.29, 1.82) is 0 Å². The van der Waals surface area contributed by atoms with Crippen LogP contribution in [0.1, 0.15) is 98.8 Å². The van der Waals surface area contributed by atoms with Gasteiger partial charge in [0, 0.05) is 17.2 Å². The maximum Gasteiger partial charge on any atom is 0.310 e. The lowest BCUT2D eigenvalue weighted by atomic mass is 9.46. The summed E-state index contributed by atoms with van der Waals surface area (Å²) < 4.78 is 6.12. The highest BCUT2D eigenvalue weighted by molar-refractivity contribution is 6.20. The van der Waals surface area contributed by atoms with E-state index in [0.717, 1.165) is 37.9 Å². The summed E-state index contributed by atoms with van der Waals surface area (Å²) in [5, 5.41) is -0.0842. The average Bonchev–Trinajstić information content (AvgIpc) is 3.06. The molecule has 3 saturated carbocycles. The Labute approximate surface area is 194 Å². The molecule has 3 aliphatic carbocycles. The molecule has 1 aliphatic heterocycles. The summed E-state index contributed by atoms with van der Waals surface area (Å²) in [6, 6.07) is 0. The summed E-state index contributed by atoms with van der Waals surface area (Å²) in [6.07, 6.45) is 11.7. The number of alkyl halides is 1. The third-order valence-electron chi connectivity index (χ3n) is 10.5. The van der Waals surface area contributed by atoms with Crippen molar-refractivity contribution in [3.05, 3.63) is 0 Å². The number of carbonyl (C=O) groups is 2. The van der Waals surface area contributed by atoms with Crippen molar-refractivity contribution >= 4 is 23.9 Å². The van der Waals surface area contributed by atoms with Crippen LogP contribution < -0.4 is 0 Å². The molecule has 0 bridgehead atoms. The van der Waals surface area contributed by atoms with Crippen LogP contribution in [0.15, 0.2) is 0 Å². The van der Waals surface area contributed by atoms with Gasteiger partial charge in [-0.3, -0.25) is 9.59 Å². The molecule has 0 aromatic heterocycles. The molecule has 9 atom stereocenters. The Hall–Kier alpha value is -0.570. The van der Waals surface area contributed by atoms with Gasteiger partial charge in [-0.2, -0.15) is 0 Å². The first kappa shape index (κ1) is 23.6. The Morgan fingerprint density at radius 2 is 1.81 bits per heavy atom. The van der Waals surface area contributed by atoms with Crippen molar-refractivity contribution in [3.8, 4) is 0 Å². The Bertz CT molecular complexity index is 707. The largest absolute Gasteiger partial charge is 0.450 e. The number of aldehydes is 1. The third kappa shape index (κ3) is 3.60. The standard InChI is InChI=1S/C27H43ClO3/c1-17(2)7-6-8-18(3)20-9-10-21-23-22(12-13-25(20,21)4)26(5)14-11-19(28)15-27(26,16-29)31-24(23)30/h16-23H,6-15H2,1-5H3/t18-,19+,20-,21+,22+,23+,25-,26-,27-/m1/s1. The van der Waals surface area contributed by atoms with Gasteiger partial charge in [0.1, 0.15) is 0 Å². The zero-order valence-electron chi connectivity index (χ0n) is 20.3. The normalized spacial score (nSPS) is 47.8. The number of halogens is 1. The Balaban J connectivity index is 1.57. The Morgan fingerprint density at radius 1 is 1.06 bits per heavy atom. The molecule has 4 fully saturated rings. The highest BCUT2D eigenvalue weighted by Gasteiger charge is 2.69. The summed E-state index contributed by atoms with van der Waals surface area (Å²) in [5.41, 5.74) is -1.08. The van der Waals surface area contributed by atoms with E-state index < -0.39 is 5.60 Å². The van der Waals surface area contributed by atoms with Gasteiger partial charge in [-0.15, -0.1) is 11.6 Å². The molecule has 0 radical (unpaired) electrons. The van der Waals surface area contributed by atoms with E-state index >= 15 is 0 Å². The first-order valence-electron chi connectivity index (χ1n) is 12.9. The van der Waals surface area contributed by atoms with Crippen molar-refractivity contribution < 1.29 is 14.3 Å². The summed E-state index contributed by atoms with van der Waals surface area (Å²) in [5.74, 6) is 2.67. The molecule has 4 aliphatic rings. The van der Waals surface area contributed by atoms with Crippen LogP contribution in [0.2, 0.25) is 0 Å². The Kier molecular flexibility index (Phi) is 6.34. The molecule has 0 spiro atoms. The molecule has 0 amide bonds. The molecule has 4 rings (SSSR count). The van der Waals surface area contributed by atoms with Crippen molar-refractivity contribution in [3.63, 3.8) is 0 Å². The lowest BCUT2D eigenvalue weighted by Gasteiger charge is -2.62. The fraction of sp³-hybridized carbons (Fsp3) is 0.926. The van der Waals surface area contributed by atoms with E-state index in [1.54, 1.807) is 0 Å². The molecule has 4 heteroatoms. The molecule has 1 heterocycles. The molecule has 0 aromatic carbocycles. The van der Waals surface area contributed by atoms with Gasteiger partial charge in [-0.05, 0) is 73.5 Å². The Morgan fingerprint density at radius 3 is 2.48 bits per heavy atom. The SMILES string of the molecule is CC(C)CCC[C@@H](C)[C@H]1CC[C@H]2[C@@H]3C(=O)O[C@@]4(C=O)C[C@@H](Cl)CC[C@]4(C)[C@H]3CC[C@]12C. The fourth-order valence-corrected chi connectivity index (χ4v) is 8.99. The average molecular weight is 451 g/mol. The van der Waals surface area contributed by atoms with Gasteiger partial charge in [0.2, 0.25) is 0 Å². The second-order valence-corrected chi connectivity index (χ2v) is 13.1. The molecule has 0 aromatic rings. The van der Waals surface area contributed by atoms with Crippen LogP contribution in [-0.4, -0.2) is 23.2 Å². The monoisotopic (exact) mass is 450 g/mol. The number of ether oxygens (including phenoxy) is 1. The van der Waals surface area contributed by atoms with E-state index in [1.165, 1.54) is 32.1 Å². The molecule has 3 nitrogen and oxygen atoms in total. The van der Waals surface area contributed by atoms with Gasteiger partial charge in [0.25, 0.3) is 0 Å². The summed E-state index contributed by atoms with van der Waals surface area (Å²) in [6.45, 7) is 11.8. The first-order valence-corrected chi connectivity index (χ1v) is 13.3. The minimum Gasteiger partial charge on any atom is -0.450 e. The van der Waals surface area contributed by atoms with Crippen LogP contribution >= 0.6 is 11.6 Å². The molecular formula is C27H43ClO3. The van der Waals surface area contributed by atoms with Crippen molar-refractivity contribution in [1.82, 2.24) is 0 Å². The topological polar surface area (TPSA) is 43.4 Å². The number of carbonyl (C=O) groups excluding carboxylic acids is 2. The zero-order chi connectivity index (χ0) is 22.6. The van der Waals surface area contributed by atoms with Crippen LogP contribution in [0.25, 0.3) is 0 Å². The number of rotatable bonds is 6. The van der Waals surface area contributed by atoms with Gasteiger partial charge in [0.05, 0.1) is 5.92 Å². The second-order valence-electron chi connectivity index (χ2n) is 12.5. The van der Waals surface area contributed by atoms with Gasteiger partial charge < -0.3 is 4.74 Å². The lowest BCUT2D eigenvalue weighted by Crippen LogP contribution is -2.67. The predicted octanol–water partition coefficient (Wildman–Crippen LogP) is 6.80. The first-order chi connectivity index (χ1) is 14.6. The molecule has 0 unspecified atom stereocenters. The molecule has 1 saturated heterocycles. The van der Waals surface area contributed by atoms with Gasteiger partial charge in [0.15, 0.2) is 11.9 Å². The van der Waals surface area contributed by atoms with Crippen molar-refractivity contribution in [2.45, 2.75) is 110 Å². The molecule has 31 heavy (non-hydrogen) atoms. The van der Waals surface area contributed by atoms with E-state index in [4.69, 9.17) is 16.3 Å². The van der Waals surface area contributed by atoms with E-state index in [1.807, 2.05) is 0 Å². The summed E-state index contributed by atoms with van der Waals surface area (Å²) in [4.78, 5) is 25.8.